The summed E-state index contributed by atoms with van der Waals surface area (Å²) in [5.41, 5.74) is 2.15. The summed E-state index contributed by atoms with van der Waals surface area (Å²) in [5, 5.41) is 4.85. The summed E-state index contributed by atoms with van der Waals surface area (Å²) < 4.78 is 16.0. The van der Waals surface area contributed by atoms with Crippen LogP contribution in [0.4, 0.5) is 10.2 Å². The minimum Gasteiger partial charge on any atom is -0.354 e. The van der Waals surface area contributed by atoms with Crippen molar-refractivity contribution in [2.45, 2.75) is 67.5 Å². The van der Waals surface area contributed by atoms with E-state index in [1.165, 1.54) is 12.1 Å². The highest BCUT2D eigenvalue weighted by molar-refractivity contribution is 5.82. The van der Waals surface area contributed by atoms with E-state index >= 15 is 0 Å². The number of anilines is 1. The molecule has 6 nitrogen and oxygen atoms in total. The Morgan fingerprint density at radius 2 is 1.85 bits per heavy atom. The molecule has 2 aromatic rings. The van der Waals surface area contributed by atoms with E-state index < -0.39 is 5.41 Å². The molecule has 1 aliphatic rings. The van der Waals surface area contributed by atoms with Gasteiger partial charge in [0.15, 0.2) is 0 Å². The Kier molecular flexibility index (Phi) is 7.83. The van der Waals surface area contributed by atoms with E-state index in [-0.39, 0.29) is 17.8 Å². The molecule has 0 spiro atoms. The van der Waals surface area contributed by atoms with Gasteiger partial charge in [-0.2, -0.15) is 5.10 Å². The third kappa shape index (κ3) is 5.57. The third-order valence-corrected chi connectivity index (χ3v) is 6.68. The highest BCUT2D eigenvalue weighted by Gasteiger charge is 2.33. The summed E-state index contributed by atoms with van der Waals surface area (Å²) in [5.74, 6) is 0.827. The Morgan fingerprint density at radius 3 is 2.39 bits per heavy atom. The molecule has 33 heavy (non-hydrogen) atoms. The number of likely N-dealkylation sites (N-methyl/N-ethyl adjacent to an activating group) is 1. The van der Waals surface area contributed by atoms with E-state index in [2.05, 4.69) is 30.6 Å². The van der Waals surface area contributed by atoms with Gasteiger partial charge in [-0.3, -0.25) is 4.79 Å². The predicted molar refractivity (Wildman–Crippen MR) is 132 cm³/mol. The van der Waals surface area contributed by atoms with Crippen LogP contribution in [0.2, 0.25) is 0 Å². The Balaban J connectivity index is 2.09. The molecule has 182 valence electrons. The van der Waals surface area contributed by atoms with Crippen LogP contribution in [0.1, 0.15) is 59.2 Å². The van der Waals surface area contributed by atoms with Gasteiger partial charge >= 0.3 is 0 Å². The maximum atomic E-state index is 14.1. The lowest BCUT2D eigenvalue weighted by Crippen LogP contribution is -2.48. The number of aryl methyl sites for hydroxylation is 1. The number of aromatic nitrogens is 2. The Bertz CT molecular complexity index is 956. The summed E-state index contributed by atoms with van der Waals surface area (Å²) in [6.07, 6.45) is 0.878. The molecule has 1 aromatic carbocycles. The first-order valence-corrected chi connectivity index (χ1v) is 12.2. The first-order chi connectivity index (χ1) is 15.6. The average Bonchev–Trinajstić information content (AvgIpc) is 3.11. The number of hydrogen-bond donors (Lipinski definition) is 0. The van der Waals surface area contributed by atoms with Crippen LogP contribution in [-0.4, -0.2) is 64.3 Å². The lowest BCUT2D eigenvalue weighted by Gasteiger charge is -2.38. The smallest absolute Gasteiger partial charge is 0.228 e. The van der Waals surface area contributed by atoms with Crippen LogP contribution in [0.5, 0.6) is 0 Å². The van der Waals surface area contributed by atoms with Gasteiger partial charge in [0.1, 0.15) is 11.6 Å². The molecule has 1 saturated heterocycles. The fraction of sp³-hybridized carbons (Fsp3) is 0.615. The van der Waals surface area contributed by atoms with Crippen molar-refractivity contribution in [3.05, 3.63) is 41.3 Å². The molecule has 1 aromatic heterocycles. The molecule has 3 rings (SSSR count). The molecule has 0 radical (unpaired) electrons. The van der Waals surface area contributed by atoms with E-state index in [0.717, 1.165) is 56.2 Å². The maximum Gasteiger partial charge on any atom is 0.228 e. The van der Waals surface area contributed by atoms with Gasteiger partial charge in [0.05, 0.1) is 17.9 Å². The van der Waals surface area contributed by atoms with Crippen LogP contribution in [0.25, 0.3) is 5.69 Å². The van der Waals surface area contributed by atoms with Crippen molar-refractivity contribution >= 4 is 11.7 Å². The second kappa shape index (κ2) is 10.2. The zero-order valence-electron chi connectivity index (χ0n) is 21.4. The van der Waals surface area contributed by atoms with Gasteiger partial charge in [-0.1, -0.05) is 40.7 Å². The minimum atomic E-state index is -0.469. The second-order valence-electron chi connectivity index (χ2n) is 10.1. The van der Waals surface area contributed by atoms with E-state index in [1.807, 2.05) is 43.3 Å². The molecule has 1 amide bonds. The number of hydrogen-bond acceptors (Lipinski definition) is 4. The second-order valence-corrected chi connectivity index (χ2v) is 10.1. The summed E-state index contributed by atoms with van der Waals surface area (Å²) in [6.45, 7) is 19.5. The van der Waals surface area contributed by atoms with Gasteiger partial charge in [0.2, 0.25) is 5.91 Å². The Labute approximate surface area is 198 Å². The van der Waals surface area contributed by atoms with Crippen molar-refractivity contribution in [1.82, 2.24) is 19.6 Å². The van der Waals surface area contributed by atoms with E-state index in [0.29, 0.717) is 12.2 Å². The SMILES string of the molecule is CC[C@@H](C)N(Cc1c(C)nn(-c2cccc(F)c2)c1N1CCN(CC)CC1)C(=O)C(C)(C)C. The molecular weight excluding hydrogens is 417 g/mol. The lowest BCUT2D eigenvalue weighted by atomic mass is 9.93. The number of amides is 1. The van der Waals surface area contributed by atoms with E-state index in [4.69, 9.17) is 5.10 Å². The van der Waals surface area contributed by atoms with Crippen molar-refractivity contribution in [3.8, 4) is 5.69 Å². The molecule has 7 heteroatoms. The zero-order chi connectivity index (χ0) is 24.3. The minimum absolute atomic E-state index is 0.110. The van der Waals surface area contributed by atoms with Crippen LogP contribution < -0.4 is 4.90 Å². The average molecular weight is 458 g/mol. The molecular formula is C26H40FN5O. The molecule has 1 fully saturated rings. The highest BCUT2D eigenvalue weighted by Crippen LogP contribution is 2.32. The highest BCUT2D eigenvalue weighted by atomic mass is 19.1. The predicted octanol–water partition coefficient (Wildman–Crippen LogP) is 4.63. The van der Waals surface area contributed by atoms with Gasteiger partial charge in [0.25, 0.3) is 0 Å². The molecule has 0 bridgehead atoms. The zero-order valence-corrected chi connectivity index (χ0v) is 21.4. The summed E-state index contributed by atoms with van der Waals surface area (Å²) in [6, 6.07) is 6.69. The largest absolute Gasteiger partial charge is 0.354 e. The Hall–Kier alpha value is -2.41. The summed E-state index contributed by atoms with van der Waals surface area (Å²) >= 11 is 0. The molecule has 0 aliphatic carbocycles. The van der Waals surface area contributed by atoms with Gasteiger partial charge in [-0.25, -0.2) is 9.07 Å². The number of rotatable bonds is 7. The first-order valence-electron chi connectivity index (χ1n) is 12.2. The topological polar surface area (TPSA) is 44.6 Å². The van der Waals surface area contributed by atoms with E-state index in [9.17, 15) is 9.18 Å². The number of nitrogens with zero attached hydrogens (tertiary/aromatic N) is 5. The van der Waals surface area contributed by atoms with Crippen LogP contribution >= 0.6 is 0 Å². The van der Waals surface area contributed by atoms with Gasteiger partial charge in [-0.05, 0) is 45.0 Å². The first kappa shape index (κ1) is 25.2. The lowest BCUT2D eigenvalue weighted by molar-refractivity contribution is -0.142. The van der Waals surface area contributed by atoms with Crippen molar-refractivity contribution in [1.29, 1.82) is 0 Å². The molecule has 0 unspecified atom stereocenters. The third-order valence-electron chi connectivity index (χ3n) is 6.68. The van der Waals surface area contributed by atoms with Crippen molar-refractivity contribution in [3.63, 3.8) is 0 Å². The number of carbonyl (C=O) groups excluding carboxylic acids is 1. The number of carbonyl (C=O) groups is 1. The van der Waals surface area contributed by atoms with E-state index in [1.54, 1.807) is 6.07 Å². The van der Waals surface area contributed by atoms with Gasteiger partial charge in [-0.15, -0.1) is 0 Å². The van der Waals surface area contributed by atoms with Gasteiger partial charge in [0, 0.05) is 43.2 Å². The molecule has 0 N–H and O–H groups in total. The van der Waals surface area contributed by atoms with Crippen LogP contribution in [0, 0.1) is 18.2 Å². The van der Waals surface area contributed by atoms with Crippen LogP contribution in [0.15, 0.2) is 24.3 Å². The molecule has 1 atom stereocenters. The normalized spacial score (nSPS) is 16.2. The molecule has 1 aliphatic heterocycles. The van der Waals surface area contributed by atoms with Crippen molar-refractivity contribution in [2.75, 3.05) is 37.6 Å². The quantitative estimate of drug-likeness (QED) is 0.608. The fourth-order valence-electron chi connectivity index (χ4n) is 4.37. The summed E-state index contributed by atoms with van der Waals surface area (Å²) in [4.78, 5) is 20.2. The van der Waals surface area contributed by atoms with Crippen molar-refractivity contribution < 1.29 is 9.18 Å². The monoisotopic (exact) mass is 457 g/mol. The number of benzene rings is 1. The fourth-order valence-corrected chi connectivity index (χ4v) is 4.37. The maximum absolute atomic E-state index is 14.1. The van der Waals surface area contributed by atoms with Crippen LogP contribution in [-0.2, 0) is 11.3 Å². The Morgan fingerprint density at radius 1 is 1.18 bits per heavy atom. The van der Waals surface area contributed by atoms with Gasteiger partial charge < -0.3 is 14.7 Å². The molecule has 0 saturated carbocycles. The standard InChI is InChI=1S/C26H40FN5O/c1-8-19(3)31(25(33)26(5,6)7)18-23-20(4)28-32(22-12-10-11-21(27)17-22)24(23)30-15-13-29(9-2)14-16-30/h10-12,17,19H,8-9,13-16,18H2,1-7H3/t19-/m1/s1. The van der Waals surface area contributed by atoms with Crippen LogP contribution in [0.3, 0.4) is 0 Å². The summed E-state index contributed by atoms with van der Waals surface area (Å²) in [7, 11) is 0. The number of piperazine rings is 1. The molecule has 2 heterocycles. The number of halogens is 1. The van der Waals surface area contributed by atoms with Crippen molar-refractivity contribution in [2.24, 2.45) is 5.41 Å².